The summed E-state index contributed by atoms with van der Waals surface area (Å²) in [5.41, 5.74) is -3.32. The van der Waals surface area contributed by atoms with Gasteiger partial charge in [0.25, 0.3) is 0 Å². The van der Waals surface area contributed by atoms with Gasteiger partial charge in [0.05, 0.1) is 11.7 Å². The molecule has 18 heavy (non-hydrogen) atoms. The van der Waals surface area contributed by atoms with E-state index >= 15 is 0 Å². The fourth-order valence-electron chi connectivity index (χ4n) is 1.56. The second-order valence-corrected chi connectivity index (χ2v) is 3.62. The Hall–Kier alpha value is -2.25. The lowest BCUT2D eigenvalue weighted by Gasteiger charge is -2.32. The zero-order valence-corrected chi connectivity index (χ0v) is 8.78. The molecular weight excluding hydrogens is 251 g/mol. The van der Waals surface area contributed by atoms with Gasteiger partial charge in [-0.2, -0.15) is 18.3 Å². The molecule has 2 N–H and O–H groups in total. The molecule has 0 saturated carbocycles. The summed E-state index contributed by atoms with van der Waals surface area (Å²) in [5.74, 6) is -1.58. The van der Waals surface area contributed by atoms with Gasteiger partial charge in [-0.15, -0.1) is 0 Å². The van der Waals surface area contributed by atoms with Crippen molar-refractivity contribution in [2.45, 2.75) is 11.7 Å². The summed E-state index contributed by atoms with van der Waals surface area (Å²) < 4.78 is 37.2. The Morgan fingerprint density at radius 2 is 2.11 bits per heavy atom. The second-order valence-electron chi connectivity index (χ2n) is 3.62. The van der Waals surface area contributed by atoms with Crippen LogP contribution in [0, 0.1) is 0 Å². The number of rotatable bonds is 2. The quantitative estimate of drug-likeness (QED) is 0.785. The Morgan fingerprint density at radius 3 is 2.56 bits per heavy atom. The molecule has 1 atom stereocenters. The number of carbonyl (C=O) groups is 1. The van der Waals surface area contributed by atoms with Crippen LogP contribution in [-0.2, 0) is 16.5 Å². The topological polar surface area (TPSA) is 80.8 Å². The molecule has 1 unspecified atom stereocenters. The van der Waals surface area contributed by atoms with Gasteiger partial charge in [-0.05, 0) is 24.4 Å². The minimum absolute atomic E-state index is 0.254. The van der Waals surface area contributed by atoms with Crippen molar-refractivity contribution in [3.63, 3.8) is 0 Å². The minimum atomic E-state index is -4.64. The molecule has 0 saturated heterocycles. The van der Waals surface area contributed by atoms with Crippen molar-refractivity contribution in [1.29, 1.82) is 0 Å². The average Bonchev–Trinajstić information content (AvgIpc) is 2.79. The summed E-state index contributed by atoms with van der Waals surface area (Å²) in [6.45, 7) is 0. The first-order valence-corrected chi connectivity index (χ1v) is 4.83. The van der Waals surface area contributed by atoms with E-state index in [1.807, 2.05) is 0 Å². The number of hydrogen-bond donors (Lipinski definition) is 2. The molecule has 0 fully saturated rings. The Morgan fingerprint density at radius 1 is 1.39 bits per heavy atom. The molecular formula is C10H7F3N3O2-. The van der Waals surface area contributed by atoms with Gasteiger partial charge in [-0.3, -0.25) is 5.10 Å². The van der Waals surface area contributed by atoms with Crippen LogP contribution < -0.4 is 10.4 Å². The van der Waals surface area contributed by atoms with Gasteiger partial charge in [0.2, 0.25) is 0 Å². The largest absolute Gasteiger partial charge is 0.547 e. The van der Waals surface area contributed by atoms with E-state index in [1.165, 1.54) is 24.4 Å². The van der Waals surface area contributed by atoms with Gasteiger partial charge in [-0.1, -0.05) is 6.08 Å². The number of hydrogen-bond acceptors (Lipinski definition) is 4. The van der Waals surface area contributed by atoms with E-state index < -0.39 is 23.4 Å². The average molecular weight is 258 g/mol. The third kappa shape index (κ3) is 1.85. The van der Waals surface area contributed by atoms with Gasteiger partial charge in [0, 0.05) is 0 Å². The number of carbonyl (C=O) groups excluding carboxylic acids is 1. The van der Waals surface area contributed by atoms with E-state index in [-0.39, 0.29) is 5.69 Å². The first-order chi connectivity index (χ1) is 8.36. The van der Waals surface area contributed by atoms with E-state index in [9.17, 15) is 23.1 Å². The number of H-pyrrole nitrogens is 1. The zero-order valence-electron chi connectivity index (χ0n) is 8.78. The summed E-state index contributed by atoms with van der Waals surface area (Å²) >= 11 is 0. The molecule has 1 aromatic heterocycles. The molecule has 1 aliphatic heterocycles. The van der Waals surface area contributed by atoms with Crippen LogP contribution in [0.25, 0.3) is 0 Å². The summed E-state index contributed by atoms with van der Waals surface area (Å²) in [4.78, 5) is 11.1. The third-order valence-corrected chi connectivity index (χ3v) is 2.48. The third-order valence-electron chi connectivity index (χ3n) is 2.48. The molecule has 0 bridgehead atoms. The minimum Gasteiger partial charge on any atom is -0.547 e. The highest BCUT2D eigenvalue weighted by atomic mass is 19.4. The molecule has 1 aliphatic rings. The lowest BCUT2D eigenvalue weighted by Crippen LogP contribution is -2.53. The molecule has 1 aromatic rings. The van der Waals surface area contributed by atoms with Crippen LogP contribution in [0.4, 0.5) is 13.2 Å². The van der Waals surface area contributed by atoms with E-state index in [2.05, 4.69) is 15.5 Å². The van der Waals surface area contributed by atoms with Crippen LogP contribution in [0.3, 0.4) is 0 Å². The number of carboxylic acids is 1. The SMILES string of the molecule is O=C([O-])C1(c2cc(C(F)(F)F)n[nH]2)C=CC=CN1. The number of allylic oxidation sites excluding steroid dienone is 2. The molecule has 0 amide bonds. The molecule has 5 nitrogen and oxygen atoms in total. The summed E-state index contributed by atoms with van der Waals surface area (Å²) in [5, 5.41) is 18.7. The van der Waals surface area contributed by atoms with Crippen LogP contribution >= 0.6 is 0 Å². The highest BCUT2D eigenvalue weighted by molar-refractivity contribution is 5.81. The van der Waals surface area contributed by atoms with E-state index in [1.54, 1.807) is 0 Å². The molecule has 0 aromatic carbocycles. The molecule has 2 heterocycles. The van der Waals surface area contributed by atoms with Crippen molar-refractivity contribution >= 4 is 5.97 Å². The smallest absolute Gasteiger partial charge is 0.435 e. The number of aromatic amines is 1. The van der Waals surface area contributed by atoms with Crippen molar-refractivity contribution in [1.82, 2.24) is 15.5 Å². The maximum absolute atomic E-state index is 12.4. The van der Waals surface area contributed by atoms with Gasteiger partial charge < -0.3 is 15.2 Å². The van der Waals surface area contributed by atoms with Crippen LogP contribution in [0.15, 0.2) is 30.5 Å². The number of carboxylic acid groups (broad SMARTS) is 1. The predicted molar refractivity (Wildman–Crippen MR) is 51.7 cm³/mol. The number of aromatic nitrogens is 2. The van der Waals surface area contributed by atoms with E-state index in [0.29, 0.717) is 6.07 Å². The highest BCUT2D eigenvalue weighted by Gasteiger charge is 2.39. The summed E-state index contributed by atoms with van der Waals surface area (Å²) in [6, 6.07) is 0.631. The van der Waals surface area contributed by atoms with Crippen molar-refractivity contribution in [2.24, 2.45) is 0 Å². The Labute approximate surface area is 99.0 Å². The first-order valence-electron chi connectivity index (χ1n) is 4.83. The monoisotopic (exact) mass is 258 g/mol. The lowest BCUT2D eigenvalue weighted by molar-refractivity contribution is -0.313. The maximum Gasteiger partial charge on any atom is 0.435 e. The number of halogens is 3. The van der Waals surface area contributed by atoms with Crippen molar-refractivity contribution in [3.8, 4) is 0 Å². The molecule has 0 aliphatic carbocycles. The molecule has 8 heteroatoms. The Bertz CT molecular complexity index is 533. The van der Waals surface area contributed by atoms with E-state index in [0.717, 1.165) is 0 Å². The van der Waals surface area contributed by atoms with Crippen molar-refractivity contribution < 1.29 is 23.1 Å². The van der Waals surface area contributed by atoms with E-state index in [4.69, 9.17) is 0 Å². The van der Waals surface area contributed by atoms with Crippen LogP contribution in [0.5, 0.6) is 0 Å². The first kappa shape index (κ1) is 12.2. The van der Waals surface area contributed by atoms with Crippen LogP contribution in [0.1, 0.15) is 11.4 Å². The number of nitrogens with one attached hydrogen (secondary N) is 2. The fourth-order valence-corrected chi connectivity index (χ4v) is 1.56. The number of aliphatic carboxylic acids is 1. The fraction of sp³-hybridized carbons (Fsp3) is 0.200. The lowest BCUT2D eigenvalue weighted by atomic mass is 9.93. The second kappa shape index (κ2) is 3.90. The molecule has 0 radical (unpaired) electrons. The normalized spacial score (nSPS) is 22.8. The van der Waals surface area contributed by atoms with Gasteiger partial charge in [-0.25, -0.2) is 0 Å². The zero-order chi connectivity index (χ0) is 13.4. The Balaban J connectivity index is 2.45. The summed E-state index contributed by atoms with van der Waals surface area (Å²) in [6.07, 6.45) is 0.721. The summed E-state index contributed by atoms with van der Waals surface area (Å²) in [7, 11) is 0. The van der Waals surface area contributed by atoms with Gasteiger partial charge in [0.1, 0.15) is 5.54 Å². The maximum atomic E-state index is 12.4. The number of alkyl halides is 3. The predicted octanol–water partition coefficient (Wildman–Crippen LogP) is 0.0468. The number of nitrogens with zero attached hydrogens (tertiary/aromatic N) is 1. The molecule has 2 rings (SSSR count). The van der Waals surface area contributed by atoms with Crippen LogP contribution in [0.2, 0.25) is 0 Å². The number of dihydropyridines is 1. The highest BCUT2D eigenvalue weighted by Crippen LogP contribution is 2.31. The molecule has 0 spiro atoms. The molecule has 96 valence electrons. The van der Waals surface area contributed by atoms with Gasteiger partial charge >= 0.3 is 6.18 Å². The Kier molecular flexibility index (Phi) is 2.64. The van der Waals surface area contributed by atoms with Gasteiger partial charge in [0.15, 0.2) is 5.69 Å². The van der Waals surface area contributed by atoms with Crippen molar-refractivity contribution in [2.75, 3.05) is 0 Å². The standard InChI is InChI=1S/C10H8F3N3O2/c11-10(12,13)7-5-6(15-16-7)9(8(17)18)3-1-2-4-14-9/h1-5,14H,(H,15,16)(H,17,18)/p-1. The van der Waals surface area contributed by atoms with Crippen molar-refractivity contribution in [3.05, 3.63) is 41.9 Å². The van der Waals surface area contributed by atoms with Crippen LogP contribution in [-0.4, -0.2) is 16.2 Å².